The number of rotatable bonds is 3. The van der Waals surface area contributed by atoms with Gasteiger partial charge < -0.3 is 10.0 Å². The number of hydrogen-bond acceptors (Lipinski definition) is 2. The molecule has 2 atom stereocenters. The van der Waals surface area contributed by atoms with Gasteiger partial charge in [0.2, 0.25) is 0 Å². The quantitative estimate of drug-likeness (QED) is 0.941. The van der Waals surface area contributed by atoms with E-state index in [-0.39, 0.29) is 11.9 Å². The lowest BCUT2D eigenvalue weighted by Gasteiger charge is -2.41. The number of carbonyl (C=O) groups excluding carboxylic acids is 1. The zero-order chi connectivity index (χ0) is 16.8. The number of benzene rings is 2. The number of nitrogens with zero attached hydrogens (tertiary/aromatic N) is 1. The first-order chi connectivity index (χ1) is 11.6. The molecule has 0 spiro atoms. The Morgan fingerprint density at radius 1 is 1.12 bits per heavy atom. The van der Waals surface area contributed by atoms with E-state index < -0.39 is 23.7 Å². The van der Waals surface area contributed by atoms with Crippen LogP contribution in [0.15, 0.2) is 48.5 Å². The minimum Gasteiger partial charge on any atom is -0.481 e. The fourth-order valence-corrected chi connectivity index (χ4v) is 3.62. The Morgan fingerprint density at radius 2 is 1.88 bits per heavy atom. The number of halogens is 1. The second-order valence-electron chi connectivity index (χ2n) is 6.35. The molecule has 0 radical (unpaired) electrons. The van der Waals surface area contributed by atoms with Gasteiger partial charge in [0.15, 0.2) is 0 Å². The molecule has 0 bridgehead atoms. The van der Waals surface area contributed by atoms with Gasteiger partial charge in [0.05, 0.1) is 6.04 Å². The number of aliphatic carboxylic acids is 1. The Balaban J connectivity index is 1.93. The van der Waals surface area contributed by atoms with Crippen LogP contribution in [0.3, 0.4) is 0 Å². The highest BCUT2D eigenvalue weighted by molar-refractivity contribution is 6.00. The van der Waals surface area contributed by atoms with Crippen molar-refractivity contribution in [2.24, 2.45) is 0 Å². The molecule has 1 N–H and O–H groups in total. The lowest BCUT2D eigenvalue weighted by Crippen LogP contribution is -2.46. The molecule has 2 aliphatic rings. The number of fused-ring (bicyclic) bond motifs is 1. The third-order valence-corrected chi connectivity index (χ3v) is 4.77. The summed E-state index contributed by atoms with van der Waals surface area (Å²) in [5.74, 6) is -2.50. The van der Waals surface area contributed by atoms with Gasteiger partial charge in [-0.1, -0.05) is 30.3 Å². The van der Waals surface area contributed by atoms with Crippen LogP contribution in [0.25, 0.3) is 0 Å². The van der Waals surface area contributed by atoms with E-state index >= 15 is 0 Å². The lowest BCUT2D eigenvalue weighted by atomic mass is 9.79. The summed E-state index contributed by atoms with van der Waals surface area (Å²) in [4.78, 5) is 26.7. The minimum absolute atomic E-state index is 0.0287. The molecule has 122 valence electrons. The summed E-state index contributed by atoms with van der Waals surface area (Å²) in [6.07, 6.45) is 1.71. The van der Waals surface area contributed by atoms with Gasteiger partial charge in [-0.2, -0.15) is 0 Å². The van der Waals surface area contributed by atoms with Crippen LogP contribution in [-0.2, 0) is 4.79 Å². The molecule has 1 amide bonds. The average molecular weight is 325 g/mol. The van der Waals surface area contributed by atoms with Crippen LogP contribution in [0.2, 0.25) is 0 Å². The van der Waals surface area contributed by atoms with Crippen LogP contribution >= 0.6 is 0 Å². The topological polar surface area (TPSA) is 57.6 Å². The van der Waals surface area contributed by atoms with Crippen molar-refractivity contribution in [3.05, 3.63) is 71.0 Å². The summed E-state index contributed by atoms with van der Waals surface area (Å²) >= 11 is 0. The Bertz CT molecular complexity index is 831. The van der Waals surface area contributed by atoms with Crippen LogP contribution in [-0.4, -0.2) is 27.9 Å². The van der Waals surface area contributed by atoms with Gasteiger partial charge in [0.25, 0.3) is 5.91 Å². The summed E-state index contributed by atoms with van der Waals surface area (Å²) in [6.45, 7) is 0. The molecule has 1 aliphatic carbocycles. The Morgan fingerprint density at radius 3 is 2.54 bits per heavy atom. The molecular weight excluding hydrogens is 309 g/mol. The molecule has 1 heterocycles. The highest BCUT2D eigenvalue weighted by Gasteiger charge is 2.49. The summed E-state index contributed by atoms with van der Waals surface area (Å²) in [7, 11) is 0. The number of carbonyl (C=O) groups is 2. The number of carboxylic acid groups (broad SMARTS) is 1. The first-order valence-electron chi connectivity index (χ1n) is 7.98. The standard InChI is InChI=1S/C19H16FNO3/c20-12-5-3-4-11(10-12)17-16(19(23)24)14-6-1-2-7-15(14)18(22)21(17)13-8-9-13/h1-7,10,13,16-17H,8-9H2,(H,23,24). The summed E-state index contributed by atoms with van der Waals surface area (Å²) in [5.41, 5.74) is 1.46. The van der Waals surface area contributed by atoms with Crippen LogP contribution in [0.1, 0.15) is 46.3 Å². The fourth-order valence-electron chi connectivity index (χ4n) is 3.62. The Hall–Kier alpha value is -2.69. The second kappa shape index (κ2) is 5.44. The van der Waals surface area contributed by atoms with Crippen LogP contribution in [0.4, 0.5) is 4.39 Å². The predicted octanol–water partition coefficient (Wildman–Crippen LogP) is 3.35. The highest BCUT2D eigenvalue weighted by Crippen LogP contribution is 2.47. The second-order valence-corrected chi connectivity index (χ2v) is 6.35. The first-order valence-corrected chi connectivity index (χ1v) is 7.98. The van der Waals surface area contributed by atoms with Gasteiger partial charge in [-0.15, -0.1) is 0 Å². The van der Waals surface area contributed by atoms with Crippen LogP contribution in [0.5, 0.6) is 0 Å². The zero-order valence-corrected chi connectivity index (χ0v) is 12.9. The van der Waals surface area contributed by atoms with E-state index in [1.54, 1.807) is 41.3 Å². The van der Waals surface area contributed by atoms with E-state index in [1.807, 2.05) is 0 Å². The first kappa shape index (κ1) is 14.9. The summed E-state index contributed by atoms with van der Waals surface area (Å²) in [6, 6.07) is 12.1. The molecule has 2 unspecified atom stereocenters. The van der Waals surface area contributed by atoms with Crippen molar-refractivity contribution in [2.45, 2.75) is 30.8 Å². The summed E-state index contributed by atoms with van der Waals surface area (Å²) < 4.78 is 13.7. The van der Waals surface area contributed by atoms with Crippen LogP contribution < -0.4 is 0 Å². The summed E-state index contributed by atoms with van der Waals surface area (Å²) in [5, 5.41) is 9.86. The smallest absolute Gasteiger partial charge is 0.313 e. The van der Waals surface area contributed by atoms with Crippen molar-refractivity contribution in [3.63, 3.8) is 0 Å². The van der Waals surface area contributed by atoms with Crippen LogP contribution in [0, 0.1) is 5.82 Å². The van der Waals surface area contributed by atoms with Gasteiger partial charge in [-0.3, -0.25) is 9.59 Å². The van der Waals surface area contributed by atoms with Crippen molar-refractivity contribution < 1.29 is 19.1 Å². The van der Waals surface area contributed by atoms with E-state index in [0.29, 0.717) is 16.7 Å². The van der Waals surface area contributed by atoms with Crippen molar-refractivity contribution in [1.82, 2.24) is 4.90 Å². The SMILES string of the molecule is O=C(O)C1c2ccccc2C(=O)N(C2CC2)C1c1cccc(F)c1. The third-order valence-electron chi connectivity index (χ3n) is 4.77. The lowest BCUT2D eigenvalue weighted by molar-refractivity contribution is -0.140. The van der Waals surface area contributed by atoms with Gasteiger partial charge in [-0.25, -0.2) is 4.39 Å². The highest BCUT2D eigenvalue weighted by atomic mass is 19.1. The molecular formula is C19H16FNO3. The minimum atomic E-state index is -1.00. The molecule has 2 aromatic carbocycles. The average Bonchev–Trinajstić information content (AvgIpc) is 3.39. The Kier molecular flexibility index (Phi) is 3.37. The molecule has 4 nitrogen and oxygen atoms in total. The molecule has 1 aliphatic heterocycles. The molecule has 2 aromatic rings. The van der Waals surface area contributed by atoms with Gasteiger partial charge in [-0.05, 0) is 42.2 Å². The largest absolute Gasteiger partial charge is 0.481 e. The molecule has 5 heteroatoms. The van der Waals surface area contributed by atoms with Crippen molar-refractivity contribution >= 4 is 11.9 Å². The van der Waals surface area contributed by atoms with E-state index in [2.05, 4.69) is 0 Å². The molecule has 4 rings (SSSR count). The zero-order valence-electron chi connectivity index (χ0n) is 12.9. The molecule has 1 saturated carbocycles. The van der Waals surface area contributed by atoms with Crippen molar-refractivity contribution in [1.29, 1.82) is 0 Å². The van der Waals surface area contributed by atoms with E-state index in [4.69, 9.17) is 0 Å². The number of carboxylic acids is 1. The molecule has 24 heavy (non-hydrogen) atoms. The number of hydrogen-bond donors (Lipinski definition) is 1. The molecule has 1 fully saturated rings. The van der Waals surface area contributed by atoms with Gasteiger partial charge in [0, 0.05) is 11.6 Å². The normalized spacial score (nSPS) is 23.0. The number of amides is 1. The maximum absolute atomic E-state index is 13.7. The van der Waals surface area contributed by atoms with Crippen molar-refractivity contribution in [3.8, 4) is 0 Å². The van der Waals surface area contributed by atoms with E-state index in [0.717, 1.165) is 12.8 Å². The molecule has 0 aromatic heterocycles. The predicted molar refractivity (Wildman–Crippen MR) is 85.2 cm³/mol. The maximum Gasteiger partial charge on any atom is 0.313 e. The fraction of sp³-hybridized carbons (Fsp3) is 0.263. The molecule has 0 saturated heterocycles. The van der Waals surface area contributed by atoms with E-state index in [9.17, 15) is 19.1 Å². The van der Waals surface area contributed by atoms with Gasteiger partial charge >= 0.3 is 5.97 Å². The maximum atomic E-state index is 13.7. The monoisotopic (exact) mass is 325 g/mol. The third kappa shape index (κ3) is 2.28. The van der Waals surface area contributed by atoms with Gasteiger partial charge in [0.1, 0.15) is 11.7 Å². The van der Waals surface area contributed by atoms with Crippen molar-refractivity contribution in [2.75, 3.05) is 0 Å². The Labute approximate surface area is 138 Å². The van der Waals surface area contributed by atoms with E-state index in [1.165, 1.54) is 12.1 Å².